The number of carbonyl (C=O) groups excluding carboxylic acids is 1. The monoisotopic (exact) mass is 329 g/mol. The molecule has 0 aliphatic carbocycles. The molecule has 1 heterocycles. The molecule has 24 heavy (non-hydrogen) atoms. The van der Waals surface area contributed by atoms with Crippen molar-refractivity contribution in [3.63, 3.8) is 0 Å². The summed E-state index contributed by atoms with van der Waals surface area (Å²) < 4.78 is 15.6. The predicted molar refractivity (Wildman–Crippen MR) is 87.4 cm³/mol. The lowest BCUT2D eigenvalue weighted by Gasteiger charge is -2.18. The summed E-state index contributed by atoms with van der Waals surface area (Å²) in [6.45, 7) is 3.54. The third-order valence-electron chi connectivity index (χ3n) is 3.56. The number of likely N-dealkylation sites (N-methyl/N-ethyl adjacent to an activating group) is 1. The average molecular weight is 329 g/mol. The Bertz CT molecular complexity index is 750. The molecule has 6 nitrogen and oxygen atoms in total. The molecule has 0 saturated heterocycles. The summed E-state index contributed by atoms with van der Waals surface area (Å²) in [5.41, 5.74) is 1.80. The van der Waals surface area contributed by atoms with Crippen molar-refractivity contribution in [3.05, 3.63) is 53.1 Å². The van der Waals surface area contributed by atoms with Gasteiger partial charge in [0, 0.05) is 31.9 Å². The number of hydrogen-bond donors (Lipinski definition) is 1. The SMILES string of the molecule is Cc1cnn(CCNCC(=O)N(C)Cc2cc(C#N)ccc2F)c1. The molecule has 0 spiro atoms. The van der Waals surface area contributed by atoms with Gasteiger partial charge in [-0.05, 0) is 30.7 Å². The Hall–Kier alpha value is -2.72. The first kappa shape index (κ1) is 17.6. The van der Waals surface area contributed by atoms with Gasteiger partial charge in [-0.2, -0.15) is 10.4 Å². The molecular weight excluding hydrogens is 309 g/mol. The van der Waals surface area contributed by atoms with E-state index in [9.17, 15) is 9.18 Å². The quantitative estimate of drug-likeness (QED) is 0.780. The molecule has 0 aliphatic heterocycles. The van der Waals surface area contributed by atoms with Crippen LogP contribution in [0.1, 0.15) is 16.7 Å². The summed E-state index contributed by atoms with van der Waals surface area (Å²) in [7, 11) is 1.61. The van der Waals surface area contributed by atoms with E-state index in [1.807, 2.05) is 19.2 Å². The van der Waals surface area contributed by atoms with Crippen molar-refractivity contribution in [3.8, 4) is 6.07 Å². The van der Waals surface area contributed by atoms with Crippen LogP contribution in [0, 0.1) is 24.1 Å². The van der Waals surface area contributed by atoms with Crippen LogP contribution in [0.25, 0.3) is 0 Å². The number of aryl methyl sites for hydroxylation is 1. The molecule has 7 heteroatoms. The first-order valence-corrected chi connectivity index (χ1v) is 7.62. The highest BCUT2D eigenvalue weighted by molar-refractivity contribution is 5.77. The minimum Gasteiger partial charge on any atom is -0.340 e. The van der Waals surface area contributed by atoms with Gasteiger partial charge in [0.1, 0.15) is 5.82 Å². The van der Waals surface area contributed by atoms with Crippen LogP contribution in [0.5, 0.6) is 0 Å². The highest BCUT2D eigenvalue weighted by atomic mass is 19.1. The van der Waals surface area contributed by atoms with Crippen LogP contribution in [0.15, 0.2) is 30.6 Å². The summed E-state index contributed by atoms with van der Waals surface area (Å²) in [4.78, 5) is 13.5. The number of rotatable bonds is 7. The fraction of sp³-hybridized carbons (Fsp3) is 0.353. The van der Waals surface area contributed by atoms with Gasteiger partial charge in [0.15, 0.2) is 0 Å². The van der Waals surface area contributed by atoms with Gasteiger partial charge < -0.3 is 10.2 Å². The minimum absolute atomic E-state index is 0.125. The molecule has 0 atom stereocenters. The number of carbonyl (C=O) groups is 1. The van der Waals surface area contributed by atoms with Crippen LogP contribution in [0.4, 0.5) is 4.39 Å². The van der Waals surface area contributed by atoms with Gasteiger partial charge in [0.05, 0.1) is 30.9 Å². The molecule has 1 N–H and O–H groups in total. The second-order valence-electron chi connectivity index (χ2n) is 5.63. The normalized spacial score (nSPS) is 10.4. The van der Waals surface area contributed by atoms with Crippen molar-refractivity contribution in [2.75, 3.05) is 20.1 Å². The summed E-state index contributed by atoms with van der Waals surface area (Å²) in [5.74, 6) is -0.566. The summed E-state index contributed by atoms with van der Waals surface area (Å²) >= 11 is 0. The molecule has 0 aliphatic rings. The topological polar surface area (TPSA) is 74.0 Å². The number of nitrogens with zero attached hydrogens (tertiary/aromatic N) is 4. The van der Waals surface area contributed by atoms with Gasteiger partial charge in [-0.15, -0.1) is 0 Å². The maximum atomic E-state index is 13.8. The molecule has 0 fully saturated rings. The van der Waals surface area contributed by atoms with E-state index in [0.717, 1.165) is 5.56 Å². The maximum absolute atomic E-state index is 13.8. The molecule has 1 aromatic heterocycles. The summed E-state index contributed by atoms with van der Waals surface area (Å²) in [5, 5.41) is 16.1. The van der Waals surface area contributed by atoms with Crippen LogP contribution in [-0.2, 0) is 17.9 Å². The van der Waals surface area contributed by atoms with Crippen molar-refractivity contribution in [2.45, 2.75) is 20.0 Å². The van der Waals surface area contributed by atoms with Gasteiger partial charge in [-0.25, -0.2) is 4.39 Å². The highest BCUT2D eigenvalue weighted by Crippen LogP contribution is 2.12. The van der Waals surface area contributed by atoms with Crippen LogP contribution < -0.4 is 5.32 Å². The lowest BCUT2D eigenvalue weighted by molar-refractivity contribution is -0.129. The van der Waals surface area contributed by atoms with Gasteiger partial charge in [0.2, 0.25) is 5.91 Å². The standard InChI is InChI=1S/C17H20FN5O/c1-13-9-21-23(11-13)6-5-20-10-17(24)22(2)12-15-7-14(8-19)3-4-16(15)18/h3-4,7,9,11,20H,5-6,10,12H2,1-2H3. The Morgan fingerprint density at radius 3 is 2.96 bits per heavy atom. The first-order chi connectivity index (χ1) is 11.5. The average Bonchev–Trinajstić information content (AvgIpc) is 2.98. The Morgan fingerprint density at radius 1 is 1.50 bits per heavy atom. The molecule has 0 saturated carbocycles. The number of benzene rings is 1. The molecule has 0 bridgehead atoms. The van der Waals surface area contributed by atoms with Gasteiger partial charge >= 0.3 is 0 Å². The van der Waals surface area contributed by atoms with Crippen molar-refractivity contribution in [2.24, 2.45) is 0 Å². The second kappa shape index (κ2) is 8.22. The minimum atomic E-state index is -0.421. The molecular formula is C17H20FN5O. The zero-order chi connectivity index (χ0) is 17.5. The van der Waals surface area contributed by atoms with Crippen LogP contribution >= 0.6 is 0 Å². The summed E-state index contributed by atoms with van der Waals surface area (Å²) in [6, 6.07) is 6.09. The van der Waals surface area contributed by atoms with Crippen molar-refractivity contribution < 1.29 is 9.18 Å². The predicted octanol–water partition coefficient (Wildman–Crippen LogP) is 1.45. The fourth-order valence-corrected chi connectivity index (χ4v) is 2.22. The number of halogens is 1. The van der Waals surface area contributed by atoms with Gasteiger partial charge in [0.25, 0.3) is 0 Å². The van der Waals surface area contributed by atoms with E-state index >= 15 is 0 Å². The van der Waals surface area contributed by atoms with E-state index in [-0.39, 0.29) is 19.0 Å². The number of amides is 1. The van der Waals surface area contributed by atoms with Crippen LogP contribution in [0.3, 0.4) is 0 Å². The number of aromatic nitrogens is 2. The third-order valence-corrected chi connectivity index (χ3v) is 3.56. The third kappa shape index (κ3) is 4.89. The molecule has 2 rings (SSSR count). The zero-order valence-electron chi connectivity index (χ0n) is 13.8. The van der Waals surface area contributed by atoms with Crippen molar-refractivity contribution >= 4 is 5.91 Å². The van der Waals surface area contributed by atoms with Crippen LogP contribution in [-0.4, -0.2) is 40.7 Å². The molecule has 126 valence electrons. The number of hydrogen-bond acceptors (Lipinski definition) is 4. The number of nitriles is 1. The molecule has 0 unspecified atom stereocenters. The lowest BCUT2D eigenvalue weighted by Crippen LogP contribution is -2.36. The van der Waals surface area contributed by atoms with Gasteiger partial charge in [-0.1, -0.05) is 0 Å². The van der Waals surface area contributed by atoms with Crippen molar-refractivity contribution in [1.82, 2.24) is 20.0 Å². The van der Waals surface area contributed by atoms with E-state index in [1.165, 1.54) is 23.1 Å². The lowest BCUT2D eigenvalue weighted by atomic mass is 10.1. The molecule has 0 radical (unpaired) electrons. The van der Waals surface area contributed by atoms with E-state index in [4.69, 9.17) is 5.26 Å². The molecule has 1 aromatic carbocycles. The smallest absolute Gasteiger partial charge is 0.236 e. The van der Waals surface area contributed by atoms with Crippen LogP contribution in [0.2, 0.25) is 0 Å². The van der Waals surface area contributed by atoms with E-state index in [1.54, 1.807) is 17.9 Å². The van der Waals surface area contributed by atoms with Gasteiger partial charge in [-0.3, -0.25) is 9.48 Å². The largest absolute Gasteiger partial charge is 0.340 e. The van der Waals surface area contributed by atoms with E-state index < -0.39 is 5.82 Å². The van der Waals surface area contributed by atoms with Crippen molar-refractivity contribution in [1.29, 1.82) is 5.26 Å². The Kier molecular flexibility index (Phi) is 6.04. The maximum Gasteiger partial charge on any atom is 0.236 e. The Balaban J connectivity index is 1.79. The van der Waals surface area contributed by atoms with E-state index in [0.29, 0.717) is 24.2 Å². The Labute approximate surface area is 140 Å². The summed E-state index contributed by atoms with van der Waals surface area (Å²) in [6.07, 6.45) is 3.71. The number of nitrogens with one attached hydrogen (secondary N) is 1. The highest BCUT2D eigenvalue weighted by Gasteiger charge is 2.12. The Morgan fingerprint density at radius 2 is 2.29 bits per heavy atom. The fourth-order valence-electron chi connectivity index (χ4n) is 2.22. The first-order valence-electron chi connectivity index (χ1n) is 7.62. The zero-order valence-corrected chi connectivity index (χ0v) is 13.8. The molecule has 2 aromatic rings. The van der Waals surface area contributed by atoms with E-state index in [2.05, 4.69) is 10.4 Å². The second-order valence-corrected chi connectivity index (χ2v) is 5.63. The molecule has 1 amide bonds.